The molecule has 3 unspecified atom stereocenters. The quantitative estimate of drug-likeness (QED) is 0.810. The molecule has 1 nitrogen and oxygen atoms in total. The van der Waals surface area contributed by atoms with Crippen LogP contribution in [0.3, 0.4) is 0 Å². The fourth-order valence-electron chi connectivity index (χ4n) is 3.10. The zero-order valence-corrected chi connectivity index (χ0v) is 9.50. The number of hydrogen-bond acceptors (Lipinski definition) is 1. The molecule has 15 heavy (non-hydrogen) atoms. The van der Waals surface area contributed by atoms with Crippen LogP contribution in [-0.2, 0) is 6.42 Å². The van der Waals surface area contributed by atoms with Crippen LogP contribution in [0, 0.1) is 5.92 Å². The van der Waals surface area contributed by atoms with E-state index in [-0.39, 0.29) is 0 Å². The van der Waals surface area contributed by atoms with Crippen LogP contribution in [0.15, 0.2) is 24.3 Å². The molecule has 3 rings (SSSR count). The Morgan fingerprint density at radius 2 is 2.13 bits per heavy atom. The van der Waals surface area contributed by atoms with E-state index in [0.717, 1.165) is 23.4 Å². The summed E-state index contributed by atoms with van der Waals surface area (Å²) in [6, 6.07) is 9.68. The second kappa shape index (κ2) is 3.80. The van der Waals surface area contributed by atoms with Crippen molar-refractivity contribution in [2.24, 2.45) is 5.92 Å². The maximum atomic E-state index is 6.18. The van der Waals surface area contributed by atoms with E-state index < -0.39 is 0 Å². The molecular formula is C13H16ClN. The molecule has 2 heteroatoms. The van der Waals surface area contributed by atoms with Gasteiger partial charge in [0.25, 0.3) is 0 Å². The minimum absolute atomic E-state index is 0.670. The van der Waals surface area contributed by atoms with Gasteiger partial charge in [-0.25, -0.2) is 0 Å². The number of nitrogens with one attached hydrogen (secondary N) is 1. The molecule has 1 aromatic rings. The molecule has 0 spiro atoms. The third kappa shape index (κ3) is 1.79. The van der Waals surface area contributed by atoms with E-state index in [9.17, 15) is 0 Å². The van der Waals surface area contributed by atoms with Gasteiger partial charge in [0, 0.05) is 17.1 Å². The number of halogens is 1. The van der Waals surface area contributed by atoms with Crippen LogP contribution in [0.5, 0.6) is 0 Å². The van der Waals surface area contributed by atoms with Crippen molar-refractivity contribution in [1.82, 2.24) is 5.32 Å². The molecule has 2 bridgehead atoms. The molecule has 1 saturated heterocycles. The van der Waals surface area contributed by atoms with Gasteiger partial charge in [-0.3, -0.25) is 0 Å². The molecule has 1 heterocycles. The van der Waals surface area contributed by atoms with Crippen LogP contribution in [-0.4, -0.2) is 12.1 Å². The Balaban J connectivity index is 1.73. The number of fused-ring (bicyclic) bond motifs is 2. The molecule has 0 aromatic heterocycles. The first-order valence-electron chi connectivity index (χ1n) is 5.82. The minimum atomic E-state index is 0.670. The van der Waals surface area contributed by atoms with Gasteiger partial charge in [-0.05, 0) is 43.2 Å². The van der Waals surface area contributed by atoms with Crippen LogP contribution < -0.4 is 5.32 Å². The maximum absolute atomic E-state index is 6.18. The maximum Gasteiger partial charge on any atom is 0.0438 e. The van der Waals surface area contributed by atoms with Crippen molar-refractivity contribution < 1.29 is 0 Å². The van der Waals surface area contributed by atoms with Crippen LogP contribution in [0.1, 0.15) is 24.8 Å². The van der Waals surface area contributed by atoms with Gasteiger partial charge in [0.1, 0.15) is 0 Å². The van der Waals surface area contributed by atoms with Crippen LogP contribution in [0.25, 0.3) is 0 Å². The highest BCUT2D eigenvalue weighted by atomic mass is 35.5. The van der Waals surface area contributed by atoms with E-state index >= 15 is 0 Å². The van der Waals surface area contributed by atoms with Crippen molar-refractivity contribution in [1.29, 1.82) is 0 Å². The van der Waals surface area contributed by atoms with Crippen molar-refractivity contribution in [3.8, 4) is 0 Å². The number of rotatable bonds is 2. The van der Waals surface area contributed by atoms with Gasteiger partial charge in [0.15, 0.2) is 0 Å². The average molecular weight is 222 g/mol. The molecule has 1 aromatic carbocycles. The summed E-state index contributed by atoms with van der Waals surface area (Å²) in [5.74, 6) is 0.895. The van der Waals surface area contributed by atoms with E-state index in [4.69, 9.17) is 11.6 Å². The van der Waals surface area contributed by atoms with E-state index in [0.29, 0.717) is 6.04 Å². The van der Waals surface area contributed by atoms with Crippen molar-refractivity contribution in [3.63, 3.8) is 0 Å². The minimum Gasteiger partial charge on any atom is -0.311 e. The van der Waals surface area contributed by atoms with Gasteiger partial charge in [-0.15, -0.1) is 0 Å². The molecule has 1 saturated carbocycles. The summed E-state index contributed by atoms with van der Waals surface area (Å²) in [5.41, 5.74) is 1.30. The lowest BCUT2D eigenvalue weighted by atomic mass is 9.94. The SMILES string of the molecule is Clc1ccccc1CC1NC2CCC1C2. The highest BCUT2D eigenvalue weighted by Gasteiger charge is 2.38. The Hall–Kier alpha value is -0.530. The first-order valence-corrected chi connectivity index (χ1v) is 6.20. The summed E-state index contributed by atoms with van der Waals surface area (Å²) in [5, 5.41) is 4.63. The standard InChI is InChI=1S/C13H16ClN/c14-12-4-2-1-3-9(12)8-13-10-5-6-11(7-10)15-13/h1-4,10-11,13,15H,5-8H2. The van der Waals surface area contributed by atoms with E-state index in [2.05, 4.69) is 17.4 Å². The Morgan fingerprint density at radius 3 is 2.80 bits per heavy atom. The molecule has 2 fully saturated rings. The van der Waals surface area contributed by atoms with Gasteiger partial charge in [0.05, 0.1) is 0 Å². The summed E-state index contributed by atoms with van der Waals surface area (Å²) in [6.07, 6.45) is 5.27. The van der Waals surface area contributed by atoms with E-state index in [1.165, 1.54) is 24.8 Å². The zero-order valence-electron chi connectivity index (χ0n) is 8.75. The highest BCUT2D eigenvalue weighted by molar-refractivity contribution is 6.31. The fraction of sp³-hybridized carbons (Fsp3) is 0.538. The Bertz CT molecular complexity index is 363. The fourth-order valence-corrected chi connectivity index (χ4v) is 3.31. The summed E-state index contributed by atoms with van der Waals surface area (Å²) >= 11 is 6.18. The van der Waals surface area contributed by atoms with Gasteiger partial charge in [-0.2, -0.15) is 0 Å². The lowest BCUT2D eigenvalue weighted by Gasteiger charge is -2.23. The molecule has 1 aliphatic carbocycles. The zero-order chi connectivity index (χ0) is 10.3. The smallest absolute Gasteiger partial charge is 0.0438 e. The van der Waals surface area contributed by atoms with E-state index in [1.807, 2.05) is 12.1 Å². The van der Waals surface area contributed by atoms with Crippen molar-refractivity contribution in [2.75, 3.05) is 0 Å². The second-order valence-electron chi connectivity index (χ2n) is 4.84. The number of benzene rings is 1. The largest absolute Gasteiger partial charge is 0.311 e. The molecule has 1 aliphatic heterocycles. The average Bonchev–Trinajstić information content (AvgIpc) is 2.83. The molecular weight excluding hydrogens is 206 g/mol. The summed E-state index contributed by atoms with van der Waals surface area (Å²) in [6.45, 7) is 0. The molecule has 80 valence electrons. The van der Waals surface area contributed by atoms with E-state index in [1.54, 1.807) is 0 Å². The topological polar surface area (TPSA) is 12.0 Å². The Labute approximate surface area is 95.8 Å². The molecule has 1 N–H and O–H groups in total. The summed E-state index contributed by atoms with van der Waals surface area (Å²) < 4.78 is 0. The van der Waals surface area contributed by atoms with Crippen LogP contribution in [0.2, 0.25) is 5.02 Å². The van der Waals surface area contributed by atoms with Crippen molar-refractivity contribution >= 4 is 11.6 Å². The van der Waals surface area contributed by atoms with Gasteiger partial charge < -0.3 is 5.32 Å². The lowest BCUT2D eigenvalue weighted by molar-refractivity contribution is 0.379. The molecule has 0 radical (unpaired) electrons. The Kier molecular flexibility index (Phi) is 2.45. The lowest BCUT2D eigenvalue weighted by Crippen LogP contribution is -2.37. The normalized spacial score (nSPS) is 33.5. The van der Waals surface area contributed by atoms with Gasteiger partial charge in [0.2, 0.25) is 0 Å². The first kappa shape index (κ1) is 9.68. The van der Waals surface area contributed by atoms with Gasteiger partial charge in [-0.1, -0.05) is 29.8 Å². The number of piperidine rings is 1. The molecule has 3 atom stereocenters. The monoisotopic (exact) mass is 221 g/mol. The third-order valence-electron chi connectivity index (χ3n) is 3.89. The summed E-state index contributed by atoms with van der Waals surface area (Å²) in [7, 11) is 0. The van der Waals surface area contributed by atoms with Crippen LogP contribution in [0.4, 0.5) is 0 Å². The Morgan fingerprint density at radius 1 is 1.27 bits per heavy atom. The predicted octanol–water partition coefficient (Wildman–Crippen LogP) is 3.02. The first-order chi connectivity index (χ1) is 7.33. The highest BCUT2D eigenvalue weighted by Crippen LogP contribution is 2.37. The third-order valence-corrected chi connectivity index (χ3v) is 4.26. The van der Waals surface area contributed by atoms with Crippen molar-refractivity contribution in [3.05, 3.63) is 34.9 Å². The van der Waals surface area contributed by atoms with Gasteiger partial charge >= 0.3 is 0 Å². The van der Waals surface area contributed by atoms with Crippen molar-refractivity contribution in [2.45, 2.75) is 37.8 Å². The predicted molar refractivity (Wildman–Crippen MR) is 63.2 cm³/mol. The number of hydrogen-bond donors (Lipinski definition) is 1. The molecule has 2 aliphatic rings. The second-order valence-corrected chi connectivity index (χ2v) is 5.25. The summed E-state index contributed by atoms with van der Waals surface area (Å²) in [4.78, 5) is 0. The molecule has 0 amide bonds. The van der Waals surface area contributed by atoms with Crippen LogP contribution >= 0.6 is 11.6 Å².